The number of rotatable bonds is 4. The summed E-state index contributed by atoms with van der Waals surface area (Å²) in [6, 6.07) is 6.43. The molecular weight excluding hydrogens is 296 g/mol. The summed E-state index contributed by atoms with van der Waals surface area (Å²) in [5.41, 5.74) is 4.72. The number of methoxy groups -OCH3 is 1. The maximum Gasteiger partial charge on any atom is 0.133 e. The fraction of sp³-hybridized carbons (Fsp3) is 0.538. The Labute approximate surface area is 116 Å². The minimum atomic E-state index is 0.269. The first-order chi connectivity index (χ1) is 8.70. The molecule has 100 valence electrons. The van der Waals surface area contributed by atoms with Crippen LogP contribution in [0.5, 0.6) is 5.75 Å². The Balaban J connectivity index is 1.99. The van der Waals surface area contributed by atoms with Gasteiger partial charge in [-0.05, 0) is 40.5 Å². The van der Waals surface area contributed by atoms with E-state index in [2.05, 4.69) is 45.4 Å². The van der Waals surface area contributed by atoms with E-state index in [1.807, 2.05) is 6.07 Å². The molecule has 0 bridgehead atoms. The summed E-state index contributed by atoms with van der Waals surface area (Å²) in [6.45, 7) is 5.62. The van der Waals surface area contributed by atoms with Crippen LogP contribution in [0.2, 0.25) is 0 Å². The van der Waals surface area contributed by atoms with Crippen molar-refractivity contribution in [1.29, 1.82) is 0 Å². The van der Waals surface area contributed by atoms with E-state index in [1.165, 1.54) is 5.56 Å². The number of hydrogen-bond acceptors (Lipinski definition) is 4. The Bertz CT molecular complexity index is 395. The zero-order valence-corrected chi connectivity index (χ0v) is 12.4. The molecule has 0 radical (unpaired) electrons. The fourth-order valence-electron chi connectivity index (χ4n) is 1.99. The first-order valence-corrected chi connectivity index (χ1v) is 6.92. The number of benzene rings is 1. The van der Waals surface area contributed by atoms with Crippen molar-refractivity contribution in [3.8, 4) is 5.75 Å². The van der Waals surface area contributed by atoms with E-state index in [4.69, 9.17) is 9.47 Å². The summed E-state index contributed by atoms with van der Waals surface area (Å²) < 4.78 is 11.6. The van der Waals surface area contributed by atoms with E-state index in [0.717, 1.165) is 36.5 Å². The van der Waals surface area contributed by atoms with Gasteiger partial charge < -0.3 is 9.47 Å². The van der Waals surface area contributed by atoms with Crippen LogP contribution in [0.3, 0.4) is 0 Å². The van der Waals surface area contributed by atoms with E-state index in [9.17, 15) is 0 Å². The van der Waals surface area contributed by atoms with Crippen molar-refractivity contribution in [2.45, 2.75) is 13.0 Å². The highest BCUT2D eigenvalue weighted by Crippen LogP contribution is 2.28. The minimum absolute atomic E-state index is 0.269. The van der Waals surface area contributed by atoms with Gasteiger partial charge in [0.2, 0.25) is 0 Å². The largest absolute Gasteiger partial charge is 0.496 e. The first kappa shape index (κ1) is 13.8. The van der Waals surface area contributed by atoms with Crippen LogP contribution in [0.15, 0.2) is 22.7 Å². The van der Waals surface area contributed by atoms with Crippen molar-refractivity contribution < 1.29 is 9.47 Å². The van der Waals surface area contributed by atoms with Crippen molar-refractivity contribution in [2.24, 2.45) is 0 Å². The van der Waals surface area contributed by atoms with Gasteiger partial charge in [-0.15, -0.1) is 0 Å². The van der Waals surface area contributed by atoms with Crippen LogP contribution in [0.4, 0.5) is 0 Å². The van der Waals surface area contributed by atoms with Gasteiger partial charge in [-0.3, -0.25) is 0 Å². The van der Waals surface area contributed by atoms with Gasteiger partial charge in [0.15, 0.2) is 0 Å². The number of nitrogens with one attached hydrogen (secondary N) is 1. The van der Waals surface area contributed by atoms with E-state index >= 15 is 0 Å². The molecule has 1 aliphatic heterocycles. The first-order valence-electron chi connectivity index (χ1n) is 6.13. The summed E-state index contributed by atoms with van der Waals surface area (Å²) >= 11 is 3.51. The molecule has 0 saturated carbocycles. The average Bonchev–Trinajstić information content (AvgIpc) is 2.39. The van der Waals surface area contributed by atoms with Crippen LogP contribution in [0, 0.1) is 0 Å². The normalized spacial score (nSPS) is 18.6. The minimum Gasteiger partial charge on any atom is -0.496 e. The van der Waals surface area contributed by atoms with Gasteiger partial charge in [0.05, 0.1) is 24.8 Å². The molecule has 2 rings (SSSR count). The van der Waals surface area contributed by atoms with Crippen LogP contribution in [-0.4, -0.2) is 38.4 Å². The maximum absolute atomic E-state index is 5.33. The Morgan fingerprint density at radius 3 is 2.72 bits per heavy atom. The molecule has 18 heavy (non-hydrogen) atoms. The molecule has 1 heterocycles. The monoisotopic (exact) mass is 314 g/mol. The highest BCUT2D eigenvalue weighted by Gasteiger charge is 2.14. The van der Waals surface area contributed by atoms with E-state index < -0.39 is 0 Å². The number of morpholine rings is 1. The Morgan fingerprint density at radius 1 is 1.39 bits per heavy atom. The molecule has 1 aromatic rings. The molecule has 1 N–H and O–H groups in total. The SMILES string of the molecule is COc1ccc(C(C)NN2CCOCC2)cc1Br. The standard InChI is InChI=1S/C13H19BrN2O2/c1-10(15-16-5-7-18-8-6-16)11-3-4-13(17-2)12(14)9-11/h3-4,9-10,15H,5-8H2,1-2H3. The third-order valence-corrected chi connectivity index (χ3v) is 3.68. The summed E-state index contributed by atoms with van der Waals surface area (Å²) in [5, 5.41) is 2.21. The van der Waals surface area contributed by atoms with Crippen molar-refractivity contribution >= 4 is 15.9 Å². The molecular formula is C13H19BrN2O2. The topological polar surface area (TPSA) is 33.7 Å². The van der Waals surface area contributed by atoms with Crippen LogP contribution in [0.25, 0.3) is 0 Å². The maximum atomic E-state index is 5.33. The van der Waals surface area contributed by atoms with Gasteiger partial charge in [0, 0.05) is 19.1 Å². The fourth-order valence-corrected chi connectivity index (χ4v) is 2.55. The smallest absolute Gasteiger partial charge is 0.133 e. The van der Waals surface area contributed by atoms with Gasteiger partial charge >= 0.3 is 0 Å². The van der Waals surface area contributed by atoms with Crippen LogP contribution in [-0.2, 0) is 4.74 Å². The second kappa shape index (κ2) is 6.52. The lowest BCUT2D eigenvalue weighted by Gasteiger charge is -2.30. The highest BCUT2D eigenvalue weighted by atomic mass is 79.9. The van der Waals surface area contributed by atoms with Crippen molar-refractivity contribution in [2.75, 3.05) is 33.4 Å². The lowest BCUT2D eigenvalue weighted by molar-refractivity contribution is 0.00484. The zero-order chi connectivity index (χ0) is 13.0. The Hall–Kier alpha value is -0.620. The second-order valence-corrected chi connectivity index (χ2v) is 5.20. The third kappa shape index (κ3) is 3.45. The summed E-state index contributed by atoms with van der Waals surface area (Å²) in [6.07, 6.45) is 0. The van der Waals surface area contributed by atoms with Crippen LogP contribution < -0.4 is 10.2 Å². The van der Waals surface area contributed by atoms with Crippen molar-refractivity contribution in [1.82, 2.24) is 10.4 Å². The van der Waals surface area contributed by atoms with Crippen LogP contribution >= 0.6 is 15.9 Å². The lowest BCUT2D eigenvalue weighted by Crippen LogP contribution is -2.46. The van der Waals surface area contributed by atoms with E-state index in [-0.39, 0.29) is 6.04 Å². The molecule has 0 amide bonds. The van der Waals surface area contributed by atoms with Gasteiger partial charge in [0.25, 0.3) is 0 Å². The molecule has 0 aliphatic carbocycles. The van der Waals surface area contributed by atoms with Crippen molar-refractivity contribution in [3.63, 3.8) is 0 Å². The van der Waals surface area contributed by atoms with Crippen LogP contribution in [0.1, 0.15) is 18.5 Å². The molecule has 1 aliphatic rings. The number of ether oxygens (including phenoxy) is 2. The zero-order valence-electron chi connectivity index (χ0n) is 10.8. The Morgan fingerprint density at radius 2 is 2.11 bits per heavy atom. The molecule has 0 spiro atoms. The number of halogens is 1. The van der Waals surface area contributed by atoms with E-state index in [0.29, 0.717) is 0 Å². The van der Waals surface area contributed by atoms with Gasteiger partial charge in [-0.1, -0.05) is 6.07 Å². The molecule has 1 atom stereocenters. The van der Waals surface area contributed by atoms with Gasteiger partial charge in [-0.25, -0.2) is 10.4 Å². The van der Waals surface area contributed by atoms with E-state index in [1.54, 1.807) is 7.11 Å². The average molecular weight is 315 g/mol. The van der Waals surface area contributed by atoms with Crippen molar-refractivity contribution in [3.05, 3.63) is 28.2 Å². The van der Waals surface area contributed by atoms with Gasteiger partial charge in [-0.2, -0.15) is 0 Å². The second-order valence-electron chi connectivity index (χ2n) is 4.34. The third-order valence-electron chi connectivity index (χ3n) is 3.06. The molecule has 1 saturated heterocycles. The molecule has 0 aromatic heterocycles. The molecule has 1 aromatic carbocycles. The number of nitrogens with zero attached hydrogens (tertiary/aromatic N) is 1. The predicted octanol–water partition coefficient (Wildman–Crippen LogP) is 2.36. The summed E-state index contributed by atoms with van der Waals surface area (Å²) in [4.78, 5) is 0. The van der Waals surface area contributed by atoms with Gasteiger partial charge in [0.1, 0.15) is 5.75 Å². The molecule has 1 unspecified atom stereocenters. The number of hydrogen-bond donors (Lipinski definition) is 1. The summed E-state index contributed by atoms with van der Waals surface area (Å²) in [7, 11) is 1.68. The predicted molar refractivity (Wildman–Crippen MR) is 74.6 cm³/mol. The summed E-state index contributed by atoms with van der Waals surface area (Å²) in [5.74, 6) is 0.859. The lowest BCUT2D eigenvalue weighted by atomic mass is 10.1. The molecule has 4 nitrogen and oxygen atoms in total. The quantitative estimate of drug-likeness (QED) is 0.925. The highest BCUT2D eigenvalue weighted by molar-refractivity contribution is 9.10. The number of hydrazine groups is 1. The Kier molecular flexibility index (Phi) is 5.00. The molecule has 5 heteroatoms. The molecule has 1 fully saturated rings.